The van der Waals surface area contributed by atoms with Crippen molar-refractivity contribution in [2.24, 2.45) is 0 Å². The second kappa shape index (κ2) is 5.12. The molecule has 0 aliphatic rings. The van der Waals surface area contributed by atoms with Gasteiger partial charge in [0.2, 0.25) is 0 Å². The third kappa shape index (κ3) is 2.32. The van der Waals surface area contributed by atoms with Crippen molar-refractivity contribution in [1.29, 1.82) is 0 Å². The number of aromatic nitrogens is 1. The van der Waals surface area contributed by atoms with Crippen molar-refractivity contribution in [3.8, 4) is 11.3 Å². The van der Waals surface area contributed by atoms with E-state index >= 15 is 0 Å². The topological polar surface area (TPSA) is 24.9 Å². The maximum Gasteiger partial charge on any atom is 0.168 e. The van der Waals surface area contributed by atoms with Gasteiger partial charge in [-0.3, -0.25) is 0 Å². The smallest absolute Gasteiger partial charge is 0.168 e. The molecule has 0 aliphatic carbocycles. The monoisotopic (exact) mass is 248 g/mol. The highest BCUT2D eigenvalue weighted by atomic mass is 19.2. The quantitative estimate of drug-likeness (QED) is 0.894. The number of anilines is 1. The number of nitrogens with one attached hydrogen (secondary N) is 1. The minimum Gasteiger partial charge on any atom is -0.370 e. The van der Waals surface area contributed by atoms with Crippen molar-refractivity contribution in [2.75, 3.05) is 11.9 Å². The molecule has 94 valence electrons. The Bertz CT molecular complexity index is 568. The summed E-state index contributed by atoms with van der Waals surface area (Å²) in [6.45, 7) is 4.20. The van der Waals surface area contributed by atoms with Gasteiger partial charge in [-0.15, -0.1) is 0 Å². The van der Waals surface area contributed by atoms with Crippen molar-refractivity contribution in [3.63, 3.8) is 0 Å². The van der Waals surface area contributed by atoms with Crippen LogP contribution in [-0.2, 0) is 0 Å². The second-order valence-electron chi connectivity index (χ2n) is 4.00. The molecule has 0 atom stereocenters. The van der Waals surface area contributed by atoms with Gasteiger partial charge >= 0.3 is 0 Å². The average Bonchev–Trinajstić information content (AvgIpc) is 2.37. The fourth-order valence-corrected chi connectivity index (χ4v) is 1.71. The number of rotatable bonds is 3. The lowest BCUT2D eigenvalue weighted by molar-refractivity contribution is 0.505. The third-order valence-corrected chi connectivity index (χ3v) is 2.66. The highest BCUT2D eigenvalue weighted by Gasteiger charge is 2.13. The number of aryl methyl sites for hydroxylation is 1. The predicted octanol–water partition coefficient (Wildman–Crippen LogP) is 3.77. The molecular weight excluding hydrogens is 234 g/mol. The van der Waals surface area contributed by atoms with Crippen molar-refractivity contribution in [3.05, 3.63) is 47.5 Å². The van der Waals surface area contributed by atoms with Crippen LogP contribution in [0.3, 0.4) is 0 Å². The summed E-state index contributed by atoms with van der Waals surface area (Å²) < 4.78 is 27.3. The number of hydrogen-bond donors (Lipinski definition) is 1. The minimum absolute atomic E-state index is 0.179. The van der Waals surface area contributed by atoms with Crippen LogP contribution >= 0.6 is 0 Å². The zero-order valence-corrected chi connectivity index (χ0v) is 10.3. The molecule has 18 heavy (non-hydrogen) atoms. The summed E-state index contributed by atoms with van der Waals surface area (Å²) in [5.74, 6) is -1.02. The van der Waals surface area contributed by atoms with Gasteiger partial charge in [0.25, 0.3) is 0 Å². The van der Waals surface area contributed by atoms with Crippen LogP contribution in [0.2, 0.25) is 0 Å². The average molecular weight is 248 g/mol. The summed E-state index contributed by atoms with van der Waals surface area (Å²) >= 11 is 0. The highest BCUT2D eigenvalue weighted by molar-refractivity contribution is 5.62. The molecule has 2 aromatic rings. The Labute approximate surface area is 105 Å². The van der Waals surface area contributed by atoms with E-state index in [9.17, 15) is 8.78 Å². The summed E-state index contributed by atoms with van der Waals surface area (Å²) in [5.41, 5.74) is 0.891. The van der Waals surface area contributed by atoms with E-state index in [1.54, 1.807) is 30.3 Å². The summed E-state index contributed by atoms with van der Waals surface area (Å²) in [6, 6.07) is 8.31. The number of halogens is 2. The fourth-order valence-electron chi connectivity index (χ4n) is 1.71. The van der Waals surface area contributed by atoms with E-state index < -0.39 is 11.6 Å². The normalized spacial score (nSPS) is 10.4. The van der Waals surface area contributed by atoms with Crippen LogP contribution in [0.15, 0.2) is 30.3 Å². The zero-order valence-electron chi connectivity index (χ0n) is 10.3. The van der Waals surface area contributed by atoms with Gasteiger partial charge in [-0.05, 0) is 37.6 Å². The van der Waals surface area contributed by atoms with E-state index in [1.165, 1.54) is 6.92 Å². The molecule has 0 bridgehead atoms. The van der Waals surface area contributed by atoms with Gasteiger partial charge < -0.3 is 5.32 Å². The fraction of sp³-hybridized carbons (Fsp3) is 0.214. The molecule has 1 N–H and O–H groups in total. The van der Waals surface area contributed by atoms with Crippen LogP contribution in [0.1, 0.15) is 12.5 Å². The van der Waals surface area contributed by atoms with Crippen LogP contribution < -0.4 is 5.32 Å². The molecule has 0 amide bonds. The van der Waals surface area contributed by atoms with Gasteiger partial charge in [0.05, 0.1) is 5.69 Å². The number of hydrogen-bond acceptors (Lipinski definition) is 2. The Hall–Kier alpha value is -1.97. The summed E-state index contributed by atoms with van der Waals surface area (Å²) in [6.07, 6.45) is 0. The number of benzene rings is 1. The molecule has 4 heteroatoms. The van der Waals surface area contributed by atoms with Crippen LogP contribution in [0, 0.1) is 18.6 Å². The van der Waals surface area contributed by atoms with E-state index in [0.717, 1.165) is 6.54 Å². The molecule has 0 saturated heterocycles. The first-order valence-corrected chi connectivity index (χ1v) is 5.79. The number of pyridine rings is 1. The van der Waals surface area contributed by atoms with Gasteiger partial charge in [-0.2, -0.15) is 0 Å². The molecule has 0 spiro atoms. The predicted molar refractivity (Wildman–Crippen MR) is 68.5 cm³/mol. The van der Waals surface area contributed by atoms with Crippen molar-refractivity contribution in [2.45, 2.75) is 13.8 Å². The molecule has 2 nitrogen and oxygen atoms in total. The van der Waals surface area contributed by atoms with Crippen molar-refractivity contribution in [1.82, 2.24) is 4.98 Å². The zero-order chi connectivity index (χ0) is 13.1. The summed E-state index contributed by atoms with van der Waals surface area (Å²) in [4.78, 5) is 4.25. The third-order valence-electron chi connectivity index (χ3n) is 2.66. The lowest BCUT2D eigenvalue weighted by Gasteiger charge is -2.08. The molecule has 1 heterocycles. The molecule has 0 unspecified atom stereocenters. The maximum absolute atomic E-state index is 13.8. The van der Waals surface area contributed by atoms with Crippen LogP contribution in [0.4, 0.5) is 14.6 Å². The van der Waals surface area contributed by atoms with Crippen LogP contribution in [-0.4, -0.2) is 11.5 Å². The van der Waals surface area contributed by atoms with Crippen LogP contribution in [0.25, 0.3) is 11.3 Å². The van der Waals surface area contributed by atoms with Gasteiger partial charge in [0.1, 0.15) is 5.82 Å². The van der Waals surface area contributed by atoms with Gasteiger partial charge in [-0.25, -0.2) is 13.8 Å². The Morgan fingerprint density at radius 2 is 1.89 bits per heavy atom. The first kappa shape index (κ1) is 12.5. The van der Waals surface area contributed by atoms with E-state index in [2.05, 4.69) is 10.3 Å². The standard InChI is InChI=1S/C14H14F2N2/c1-3-17-12-6-4-5-11(18-12)10-8-7-9(2)13(15)14(10)16/h4-8H,3H2,1-2H3,(H,17,18). The first-order chi connectivity index (χ1) is 8.63. The van der Waals surface area contributed by atoms with Gasteiger partial charge in [-0.1, -0.05) is 12.1 Å². The largest absolute Gasteiger partial charge is 0.370 e. The van der Waals surface area contributed by atoms with E-state index in [0.29, 0.717) is 17.1 Å². The van der Waals surface area contributed by atoms with Gasteiger partial charge in [0, 0.05) is 12.1 Å². The molecule has 0 aliphatic heterocycles. The van der Waals surface area contributed by atoms with E-state index in [-0.39, 0.29) is 5.56 Å². The lowest BCUT2D eigenvalue weighted by atomic mass is 10.1. The van der Waals surface area contributed by atoms with Crippen molar-refractivity contribution >= 4 is 5.82 Å². The molecular formula is C14H14F2N2. The van der Waals surface area contributed by atoms with E-state index in [4.69, 9.17) is 0 Å². The Morgan fingerprint density at radius 3 is 2.61 bits per heavy atom. The highest BCUT2D eigenvalue weighted by Crippen LogP contribution is 2.25. The van der Waals surface area contributed by atoms with Crippen molar-refractivity contribution < 1.29 is 8.78 Å². The van der Waals surface area contributed by atoms with Gasteiger partial charge in [0.15, 0.2) is 11.6 Å². The minimum atomic E-state index is -0.851. The van der Waals surface area contributed by atoms with E-state index in [1.807, 2.05) is 6.92 Å². The summed E-state index contributed by atoms with van der Waals surface area (Å²) in [7, 11) is 0. The molecule has 0 fully saturated rings. The summed E-state index contributed by atoms with van der Waals surface area (Å²) in [5, 5.41) is 3.04. The Morgan fingerprint density at radius 1 is 1.11 bits per heavy atom. The molecule has 0 radical (unpaired) electrons. The molecule has 2 rings (SSSR count). The van der Waals surface area contributed by atoms with Crippen LogP contribution in [0.5, 0.6) is 0 Å². The lowest BCUT2D eigenvalue weighted by Crippen LogP contribution is -2.00. The molecule has 0 saturated carbocycles. The first-order valence-electron chi connectivity index (χ1n) is 5.79. The molecule has 1 aromatic heterocycles. The maximum atomic E-state index is 13.8. The Kier molecular flexibility index (Phi) is 3.55. The second-order valence-corrected chi connectivity index (χ2v) is 4.00. The SMILES string of the molecule is CCNc1cccc(-c2ccc(C)c(F)c2F)n1. The molecule has 1 aromatic carbocycles. The Balaban J connectivity index is 2.48. The number of nitrogens with zero attached hydrogens (tertiary/aromatic N) is 1.